The summed E-state index contributed by atoms with van der Waals surface area (Å²) in [6, 6.07) is 8.13. The Morgan fingerprint density at radius 1 is 1.35 bits per heavy atom. The monoisotopic (exact) mass is 320 g/mol. The highest BCUT2D eigenvalue weighted by Crippen LogP contribution is 2.19. The Bertz CT molecular complexity index is 445. The number of hydrogen-bond acceptors (Lipinski definition) is 3. The van der Waals surface area contributed by atoms with E-state index in [-0.39, 0.29) is 11.8 Å². The van der Waals surface area contributed by atoms with Crippen LogP contribution in [-0.4, -0.2) is 20.7 Å². The van der Waals surface area contributed by atoms with Crippen molar-refractivity contribution in [3.63, 3.8) is 0 Å². The summed E-state index contributed by atoms with van der Waals surface area (Å²) in [5, 5.41) is 8.13. The van der Waals surface area contributed by atoms with Crippen LogP contribution in [0.2, 0.25) is 0 Å². The second kappa shape index (κ2) is 6.49. The van der Waals surface area contributed by atoms with Gasteiger partial charge in [-0.1, -0.05) is 35.0 Å². The lowest BCUT2D eigenvalue weighted by Gasteiger charge is -2.17. The van der Waals surface area contributed by atoms with E-state index in [0.29, 0.717) is 6.54 Å². The lowest BCUT2D eigenvalue weighted by atomic mass is 10.1. The molecule has 4 nitrogen and oxygen atoms in total. The van der Waals surface area contributed by atoms with Gasteiger partial charge in [0, 0.05) is 17.1 Å². The summed E-state index contributed by atoms with van der Waals surface area (Å²) < 4.78 is 22.7. The van der Waals surface area contributed by atoms with Gasteiger partial charge in [-0.3, -0.25) is 0 Å². The molecule has 17 heavy (non-hydrogen) atoms. The molecule has 1 aromatic rings. The maximum Gasteiger partial charge on any atom is 0.210 e. The van der Waals surface area contributed by atoms with Crippen molar-refractivity contribution in [1.82, 2.24) is 5.32 Å². The van der Waals surface area contributed by atoms with Crippen LogP contribution in [0.4, 0.5) is 0 Å². The number of rotatable bonds is 6. The van der Waals surface area contributed by atoms with E-state index < -0.39 is 10.0 Å². The van der Waals surface area contributed by atoms with Gasteiger partial charge in [-0.15, -0.1) is 0 Å². The number of nitrogens with one attached hydrogen (secondary N) is 1. The Labute approximate surface area is 111 Å². The lowest BCUT2D eigenvalue weighted by molar-refractivity contribution is 0.531. The van der Waals surface area contributed by atoms with Gasteiger partial charge in [0.05, 0.1) is 5.75 Å². The highest BCUT2D eigenvalue weighted by Gasteiger charge is 2.09. The Morgan fingerprint density at radius 3 is 2.41 bits per heavy atom. The quantitative estimate of drug-likeness (QED) is 0.839. The molecular weight excluding hydrogens is 304 g/mol. The molecule has 1 rings (SSSR count). The van der Waals surface area contributed by atoms with Crippen LogP contribution in [-0.2, 0) is 10.0 Å². The van der Waals surface area contributed by atoms with Crippen LogP contribution >= 0.6 is 15.9 Å². The molecule has 6 heteroatoms. The molecule has 96 valence electrons. The Balaban J connectivity index is 2.57. The minimum atomic E-state index is -3.39. The van der Waals surface area contributed by atoms with Crippen molar-refractivity contribution in [3.05, 3.63) is 34.3 Å². The maximum atomic E-state index is 10.8. The Hall–Kier alpha value is -0.430. The molecule has 0 spiro atoms. The molecule has 0 aliphatic rings. The second-order valence-corrected chi connectivity index (χ2v) is 6.48. The summed E-state index contributed by atoms with van der Waals surface area (Å²) in [5.41, 5.74) is 1.14. The molecule has 0 aliphatic carbocycles. The lowest BCUT2D eigenvalue weighted by Crippen LogP contribution is -2.29. The van der Waals surface area contributed by atoms with Crippen LogP contribution in [0.3, 0.4) is 0 Å². The zero-order valence-electron chi connectivity index (χ0n) is 9.69. The van der Waals surface area contributed by atoms with E-state index in [1.54, 1.807) is 0 Å². The van der Waals surface area contributed by atoms with Gasteiger partial charge >= 0.3 is 0 Å². The molecule has 0 heterocycles. The fraction of sp³-hybridized carbons (Fsp3) is 0.455. The minimum Gasteiger partial charge on any atom is -0.309 e. The molecule has 0 saturated carbocycles. The van der Waals surface area contributed by atoms with Gasteiger partial charge in [-0.05, 0) is 24.1 Å². The first-order valence-corrected chi connectivity index (χ1v) is 7.92. The smallest absolute Gasteiger partial charge is 0.210 e. The van der Waals surface area contributed by atoms with Crippen molar-refractivity contribution < 1.29 is 8.42 Å². The predicted molar refractivity (Wildman–Crippen MR) is 73.2 cm³/mol. The van der Waals surface area contributed by atoms with Gasteiger partial charge in [0.15, 0.2) is 0 Å². The predicted octanol–water partition coefficient (Wildman–Crippen LogP) is 1.78. The highest BCUT2D eigenvalue weighted by molar-refractivity contribution is 9.10. The Morgan fingerprint density at radius 2 is 1.94 bits per heavy atom. The molecule has 0 saturated heterocycles. The number of sulfonamides is 1. The summed E-state index contributed by atoms with van der Waals surface area (Å²) >= 11 is 3.38. The number of benzene rings is 1. The third-order valence-corrected chi connectivity index (χ3v) is 3.76. The van der Waals surface area contributed by atoms with Gasteiger partial charge < -0.3 is 5.32 Å². The molecule has 3 N–H and O–H groups in total. The van der Waals surface area contributed by atoms with Crippen LogP contribution in [0.25, 0.3) is 0 Å². The van der Waals surface area contributed by atoms with Crippen molar-refractivity contribution in [2.75, 3.05) is 12.3 Å². The van der Waals surface area contributed by atoms with E-state index in [2.05, 4.69) is 28.2 Å². The van der Waals surface area contributed by atoms with Crippen molar-refractivity contribution in [1.29, 1.82) is 0 Å². The molecule has 0 bridgehead atoms. The summed E-state index contributed by atoms with van der Waals surface area (Å²) in [5.74, 6) is -0.0416. The molecule has 0 radical (unpaired) electrons. The topological polar surface area (TPSA) is 72.2 Å². The van der Waals surface area contributed by atoms with Crippen LogP contribution in [0.5, 0.6) is 0 Å². The fourth-order valence-corrected chi connectivity index (χ4v) is 2.24. The Kier molecular flexibility index (Phi) is 5.58. The van der Waals surface area contributed by atoms with E-state index in [4.69, 9.17) is 5.14 Å². The number of primary sulfonamides is 1. The highest BCUT2D eigenvalue weighted by atomic mass is 79.9. The van der Waals surface area contributed by atoms with Crippen molar-refractivity contribution in [2.24, 2.45) is 5.14 Å². The fourth-order valence-electron chi connectivity index (χ4n) is 1.57. The van der Waals surface area contributed by atoms with Crippen molar-refractivity contribution in [2.45, 2.75) is 19.4 Å². The summed E-state index contributed by atoms with van der Waals surface area (Å²) in [6.07, 6.45) is 0.895. The first-order chi connectivity index (χ1) is 7.92. The van der Waals surface area contributed by atoms with Gasteiger partial charge in [0.1, 0.15) is 0 Å². The summed E-state index contributed by atoms with van der Waals surface area (Å²) in [4.78, 5) is 0. The maximum absolute atomic E-state index is 10.8. The standard InChI is InChI=1S/C11H17BrN2O2S/c1-2-11(14-7-8-17(13,15)16)9-3-5-10(12)6-4-9/h3-6,11,14H,2,7-8H2,1H3,(H2,13,15,16). The van der Waals surface area contributed by atoms with Crippen LogP contribution in [0.1, 0.15) is 24.9 Å². The molecule has 1 aromatic carbocycles. The van der Waals surface area contributed by atoms with E-state index in [1.807, 2.05) is 24.3 Å². The summed E-state index contributed by atoms with van der Waals surface area (Å²) in [6.45, 7) is 2.42. The minimum absolute atomic E-state index is 0.0416. The number of hydrogen-bond donors (Lipinski definition) is 2. The number of halogens is 1. The number of nitrogens with two attached hydrogens (primary N) is 1. The van der Waals surface area contributed by atoms with E-state index in [1.165, 1.54) is 0 Å². The van der Waals surface area contributed by atoms with Crippen LogP contribution < -0.4 is 10.5 Å². The third kappa shape index (κ3) is 5.63. The normalized spacial score (nSPS) is 13.6. The molecule has 0 aliphatic heterocycles. The molecular formula is C11H17BrN2O2S. The van der Waals surface area contributed by atoms with Gasteiger partial charge in [0.25, 0.3) is 0 Å². The first-order valence-electron chi connectivity index (χ1n) is 5.41. The van der Waals surface area contributed by atoms with Crippen molar-refractivity contribution >= 4 is 26.0 Å². The average molecular weight is 321 g/mol. The van der Waals surface area contributed by atoms with E-state index in [9.17, 15) is 8.42 Å². The molecule has 0 fully saturated rings. The van der Waals surface area contributed by atoms with Crippen LogP contribution in [0.15, 0.2) is 28.7 Å². The summed E-state index contributed by atoms with van der Waals surface area (Å²) in [7, 11) is -3.39. The van der Waals surface area contributed by atoms with E-state index in [0.717, 1.165) is 16.5 Å². The molecule has 0 aromatic heterocycles. The first kappa shape index (κ1) is 14.6. The SMILES string of the molecule is CCC(NCCS(N)(=O)=O)c1ccc(Br)cc1. The van der Waals surface area contributed by atoms with Gasteiger partial charge in [0.2, 0.25) is 10.0 Å². The zero-order chi connectivity index (χ0) is 12.9. The molecule has 0 amide bonds. The second-order valence-electron chi connectivity index (χ2n) is 3.83. The van der Waals surface area contributed by atoms with E-state index >= 15 is 0 Å². The zero-order valence-corrected chi connectivity index (χ0v) is 12.1. The van der Waals surface area contributed by atoms with Crippen molar-refractivity contribution in [3.8, 4) is 0 Å². The largest absolute Gasteiger partial charge is 0.309 e. The molecule has 1 atom stereocenters. The third-order valence-electron chi connectivity index (χ3n) is 2.46. The molecule has 1 unspecified atom stereocenters. The van der Waals surface area contributed by atoms with Gasteiger partial charge in [-0.25, -0.2) is 13.6 Å². The van der Waals surface area contributed by atoms with Gasteiger partial charge in [-0.2, -0.15) is 0 Å². The van der Waals surface area contributed by atoms with Crippen LogP contribution in [0, 0.1) is 0 Å². The average Bonchev–Trinajstić information content (AvgIpc) is 2.24.